The first-order valence-corrected chi connectivity index (χ1v) is 15.4. The van der Waals surface area contributed by atoms with Crippen LogP contribution in [0.2, 0.25) is 18.1 Å². The van der Waals surface area contributed by atoms with Crippen molar-refractivity contribution in [3.8, 4) is 0 Å². The Morgan fingerprint density at radius 2 is 1.58 bits per heavy atom. The van der Waals surface area contributed by atoms with E-state index in [1.807, 2.05) is 49.4 Å². The third-order valence-corrected chi connectivity index (χ3v) is 14.1. The number of rotatable bonds is 7. The summed E-state index contributed by atoms with van der Waals surface area (Å²) in [7, 11) is -5.37. The first-order chi connectivity index (χ1) is 14.7. The van der Waals surface area contributed by atoms with E-state index >= 15 is 0 Å². The van der Waals surface area contributed by atoms with Gasteiger partial charge in [0.15, 0.2) is 0 Å². The highest BCUT2D eigenvalue weighted by molar-refractivity contribution is 7.89. The second kappa shape index (κ2) is 9.41. The molecule has 0 bridgehead atoms. The minimum absolute atomic E-state index is 0.232. The van der Waals surface area contributed by atoms with Gasteiger partial charge in [0, 0.05) is 13.1 Å². The molecule has 0 amide bonds. The summed E-state index contributed by atoms with van der Waals surface area (Å²) >= 11 is 0. The van der Waals surface area contributed by atoms with Gasteiger partial charge in [0.05, 0.1) is 13.0 Å². The fraction of sp³-hybridized carbons (Fsp3) is 0.440. The molecular formula is C25H35NO3SSi. The average Bonchev–Trinajstić information content (AvgIpc) is 2.79. The van der Waals surface area contributed by atoms with E-state index in [4.69, 9.17) is 0 Å². The highest BCUT2D eigenvalue weighted by atomic mass is 32.2. The lowest BCUT2D eigenvalue weighted by molar-refractivity contribution is 0.0403. The normalized spacial score (nSPS) is 22.0. The summed E-state index contributed by atoms with van der Waals surface area (Å²) in [5, 5.41) is 11.9. The number of nitrogens with zero attached hydrogens (tertiary/aromatic N) is 1. The van der Waals surface area contributed by atoms with E-state index in [0.29, 0.717) is 11.3 Å². The minimum Gasteiger partial charge on any atom is -0.381 e. The van der Waals surface area contributed by atoms with Gasteiger partial charge in [-0.2, -0.15) is 4.31 Å². The monoisotopic (exact) mass is 457 g/mol. The number of piperidine rings is 1. The van der Waals surface area contributed by atoms with Gasteiger partial charge in [0.1, 0.15) is 5.60 Å². The van der Waals surface area contributed by atoms with Gasteiger partial charge in [-0.3, -0.25) is 0 Å². The van der Waals surface area contributed by atoms with Gasteiger partial charge in [-0.15, -0.1) is 0 Å². The molecule has 2 aromatic carbocycles. The van der Waals surface area contributed by atoms with Gasteiger partial charge in [-0.1, -0.05) is 92.6 Å². The Labute approximate surface area is 188 Å². The van der Waals surface area contributed by atoms with Crippen molar-refractivity contribution in [3.63, 3.8) is 0 Å². The van der Waals surface area contributed by atoms with Crippen molar-refractivity contribution < 1.29 is 13.5 Å². The third kappa shape index (κ3) is 4.72. The molecule has 1 aliphatic rings. The molecule has 4 nitrogen and oxygen atoms in total. The predicted molar refractivity (Wildman–Crippen MR) is 130 cm³/mol. The summed E-state index contributed by atoms with van der Waals surface area (Å²) in [6, 6.07) is 20.0. The largest absolute Gasteiger partial charge is 0.381 e. The van der Waals surface area contributed by atoms with Gasteiger partial charge in [-0.05, 0) is 36.6 Å². The Balaban J connectivity index is 2.07. The molecule has 0 spiro atoms. The Hall–Kier alpha value is -1.73. The lowest BCUT2D eigenvalue weighted by atomic mass is 9.82. The van der Waals surface area contributed by atoms with Crippen molar-refractivity contribution in [3.05, 3.63) is 77.0 Å². The third-order valence-electron chi connectivity index (χ3n) is 7.10. The maximum Gasteiger partial charge on any atom is 0.243 e. The van der Waals surface area contributed by atoms with E-state index in [0.717, 1.165) is 34.8 Å². The van der Waals surface area contributed by atoms with Crippen molar-refractivity contribution in [1.82, 2.24) is 4.31 Å². The van der Waals surface area contributed by atoms with E-state index < -0.39 is 23.7 Å². The molecule has 1 saturated heterocycles. The fourth-order valence-corrected chi connectivity index (χ4v) is 9.15. The maximum absolute atomic E-state index is 13.4. The highest BCUT2D eigenvalue weighted by Crippen LogP contribution is 2.40. The minimum atomic E-state index is -3.62. The van der Waals surface area contributed by atoms with E-state index in [1.54, 1.807) is 16.4 Å². The number of aryl methyl sites for hydroxylation is 1. The smallest absolute Gasteiger partial charge is 0.243 e. The van der Waals surface area contributed by atoms with E-state index in [-0.39, 0.29) is 13.1 Å². The molecule has 1 aliphatic heterocycles. The van der Waals surface area contributed by atoms with Crippen LogP contribution in [-0.4, -0.2) is 39.0 Å². The number of hydrogen-bond donors (Lipinski definition) is 1. The Bertz CT molecular complexity index is 1010. The zero-order chi connectivity index (χ0) is 22.7. The predicted octanol–water partition coefficient (Wildman–Crippen LogP) is 5.25. The van der Waals surface area contributed by atoms with Crippen LogP contribution in [0.15, 0.2) is 70.8 Å². The molecule has 2 aromatic rings. The van der Waals surface area contributed by atoms with Crippen LogP contribution in [-0.2, 0) is 15.6 Å². The molecule has 1 heterocycles. The van der Waals surface area contributed by atoms with Gasteiger partial charge < -0.3 is 5.11 Å². The molecule has 6 heteroatoms. The van der Waals surface area contributed by atoms with Crippen LogP contribution in [0.3, 0.4) is 0 Å². The number of hydrogen-bond acceptors (Lipinski definition) is 3. The van der Waals surface area contributed by atoms with Crippen molar-refractivity contribution in [1.29, 1.82) is 0 Å². The Morgan fingerprint density at radius 3 is 2.13 bits per heavy atom. The SMILES string of the molecule is CC[Si](/C=C1\CN(S(=O)(=O)c2ccc(C)cc2)CCC1(O)c1ccccc1)(CC)CC. The van der Waals surface area contributed by atoms with Crippen LogP contribution in [0.1, 0.15) is 38.3 Å². The first-order valence-electron chi connectivity index (χ1n) is 11.3. The lowest BCUT2D eigenvalue weighted by Crippen LogP contribution is -2.48. The molecule has 1 N–H and O–H groups in total. The zero-order valence-electron chi connectivity index (χ0n) is 19.1. The topological polar surface area (TPSA) is 57.6 Å². The second-order valence-electron chi connectivity index (χ2n) is 8.72. The van der Waals surface area contributed by atoms with Gasteiger partial charge in [-0.25, -0.2) is 8.42 Å². The second-order valence-corrected chi connectivity index (χ2v) is 15.8. The Morgan fingerprint density at radius 1 is 1.00 bits per heavy atom. The van der Waals surface area contributed by atoms with Crippen molar-refractivity contribution in [2.75, 3.05) is 13.1 Å². The average molecular weight is 458 g/mol. The lowest BCUT2D eigenvalue weighted by Gasteiger charge is -2.42. The molecule has 1 unspecified atom stereocenters. The first kappa shape index (κ1) is 23.9. The molecule has 0 radical (unpaired) electrons. The van der Waals surface area contributed by atoms with Crippen molar-refractivity contribution in [2.24, 2.45) is 0 Å². The van der Waals surface area contributed by atoms with Crippen LogP contribution in [0.4, 0.5) is 0 Å². The summed E-state index contributed by atoms with van der Waals surface area (Å²) in [6.07, 6.45) is 0.357. The summed E-state index contributed by atoms with van der Waals surface area (Å²) < 4.78 is 28.3. The van der Waals surface area contributed by atoms with Crippen LogP contribution >= 0.6 is 0 Å². The van der Waals surface area contributed by atoms with Crippen LogP contribution < -0.4 is 0 Å². The summed E-state index contributed by atoms with van der Waals surface area (Å²) in [4.78, 5) is 0.313. The number of aliphatic hydroxyl groups is 1. The summed E-state index contributed by atoms with van der Waals surface area (Å²) in [5.41, 5.74) is 3.91. The van der Waals surface area contributed by atoms with E-state index in [2.05, 4.69) is 26.5 Å². The van der Waals surface area contributed by atoms with E-state index in [9.17, 15) is 13.5 Å². The zero-order valence-corrected chi connectivity index (χ0v) is 21.0. The number of benzene rings is 2. The standard InChI is InChI=1S/C25H35NO3SSi/c1-5-31(6-2,7-3)20-23-19-26(30(28,29)24-15-13-21(4)14-16-24)18-17-25(23,27)22-11-9-8-10-12-22/h8-16,20,27H,5-7,17-19H2,1-4H3/b23-20+. The van der Waals surface area contributed by atoms with Crippen LogP contribution in [0.25, 0.3) is 0 Å². The number of sulfonamides is 1. The van der Waals surface area contributed by atoms with Crippen LogP contribution in [0.5, 0.6) is 0 Å². The molecule has 1 atom stereocenters. The van der Waals surface area contributed by atoms with Crippen molar-refractivity contribution >= 4 is 18.1 Å². The summed E-state index contributed by atoms with van der Waals surface area (Å²) in [6.45, 7) is 9.14. The fourth-order valence-electron chi connectivity index (χ4n) is 4.55. The molecule has 1 fully saturated rings. The molecule has 0 saturated carbocycles. The van der Waals surface area contributed by atoms with Crippen LogP contribution in [0, 0.1) is 6.92 Å². The quantitative estimate of drug-likeness (QED) is 0.578. The van der Waals surface area contributed by atoms with Gasteiger partial charge >= 0.3 is 0 Å². The molecule has 3 rings (SSSR count). The molecule has 168 valence electrons. The van der Waals surface area contributed by atoms with E-state index in [1.165, 1.54) is 0 Å². The highest BCUT2D eigenvalue weighted by Gasteiger charge is 2.43. The summed E-state index contributed by atoms with van der Waals surface area (Å²) in [5.74, 6) is 0. The molecule has 0 aromatic heterocycles. The molecule has 0 aliphatic carbocycles. The molecular weight excluding hydrogens is 422 g/mol. The Kier molecular flexibility index (Phi) is 7.26. The van der Waals surface area contributed by atoms with Gasteiger partial charge in [0.2, 0.25) is 10.0 Å². The van der Waals surface area contributed by atoms with Crippen molar-refractivity contribution in [2.45, 2.75) is 62.7 Å². The van der Waals surface area contributed by atoms with Gasteiger partial charge in [0.25, 0.3) is 0 Å². The molecule has 31 heavy (non-hydrogen) atoms. The maximum atomic E-state index is 13.4.